The molecule has 0 aliphatic rings. The summed E-state index contributed by atoms with van der Waals surface area (Å²) in [7, 11) is 1.43. The highest BCUT2D eigenvalue weighted by Crippen LogP contribution is 2.29. The van der Waals surface area contributed by atoms with Crippen molar-refractivity contribution in [2.24, 2.45) is 5.84 Å². The van der Waals surface area contributed by atoms with Gasteiger partial charge in [0.2, 0.25) is 0 Å². The first-order valence-electron chi connectivity index (χ1n) is 5.37. The molecule has 0 bridgehead atoms. The number of hydrazine groups is 1. The highest BCUT2D eigenvalue weighted by Gasteiger charge is 2.18. The second-order valence-electron chi connectivity index (χ2n) is 3.80. The van der Waals surface area contributed by atoms with Crippen LogP contribution in [0.25, 0.3) is 0 Å². The lowest BCUT2D eigenvalue weighted by atomic mass is 10.0. The van der Waals surface area contributed by atoms with Crippen molar-refractivity contribution in [3.63, 3.8) is 0 Å². The maximum atomic E-state index is 13.7. The Kier molecular flexibility index (Phi) is 3.90. The molecule has 1 aromatic carbocycles. The van der Waals surface area contributed by atoms with Gasteiger partial charge in [-0.25, -0.2) is 14.8 Å². The number of hydrogen-bond acceptors (Lipinski definition) is 5. The summed E-state index contributed by atoms with van der Waals surface area (Å²) < 4.78 is 18.6. The summed E-state index contributed by atoms with van der Waals surface area (Å²) in [5.74, 6) is 5.37. The Hall–Kier alpha value is -1.50. The summed E-state index contributed by atoms with van der Waals surface area (Å²) >= 11 is 1.49. The Bertz CT molecular complexity index is 544. The molecule has 96 valence electrons. The van der Waals surface area contributed by atoms with E-state index in [9.17, 15) is 4.39 Å². The van der Waals surface area contributed by atoms with Gasteiger partial charge in [0, 0.05) is 0 Å². The lowest BCUT2D eigenvalue weighted by Crippen LogP contribution is -2.28. The molecule has 0 spiro atoms. The zero-order chi connectivity index (χ0) is 13.1. The third-order valence-electron chi connectivity index (χ3n) is 2.72. The molecule has 1 unspecified atom stereocenters. The van der Waals surface area contributed by atoms with Crippen molar-refractivity contribution in [3.05, 3.63) is 45.7 Å². The van der Waals surface area contributed by atoms with Gasteiger partial charge >= 0.3 is 0 Å². The Balaban J connectivity index is 2.40. The Morgan fingerprint density at radius 2 is 2.28 bits per heavy atom. The number of methoxy groups -OCH3 is 1. The minimum Gasteiger partial charge on any atom is -0.494 e. The predicted octanol–water partition coefficient (Wildman–Crippen LogP) is 2.15. The minimum atomic E-state index is -0.405. The number of nitrogens with two attached hydrogens (primary N) is 1. The zero-order valence-electron chi connectivity index (χ0n) is 10.1. The van der Waals surface area contributed by atoms with Crippen molar-refractivity contribution >= 4 is 11.3 Å². The first kappa shape index (κ1) is 12.9. The molecule has 4 nitrogen and oxygen atoms in total. The van der Waals surface area contributed by atoms with Crippen molar-refractivity contribution < 1.29 is 9.13 Å². The molecule has 3 N–H and O–H groups in total. The van der Waals surface area contributed by atoms with Crippen LogP contribution in [0.5, 0.6) is 5.75 Å². The molecule has 0 fully saturated rings. The molecule has 1 heterocycles. The molecule has 0 aliphatic carbocycles. The summed E-state index contributed by atoms with van der Waals surface area (Å²) in [6.45, 7) is 1.90. The molecular formula is C12H14FN3OS. The van der Waals surface area contributed by atoms with Gasteiger partial charge in [0.15, 0.2) is 11.6 Å². The van der Waals surface area contributed by atoms with Crippen molar-refractivity contribution in [1.82, 2.24) is 10.4 Å². The number of thiazole rings is 1. The quantitative estimate of drug-likeness (QED) is 0.658. The molecule has 0 radical (unpaired) electrons. The highest BCUT2D eigenvalue weighted by molar-refractivity contribution is 7.09. The van der Waals surface area contributed by atoms with E-state index in [4.69, 9.17) is 10.6 Å². The average Bonchev–Trinajstić information content (AvgIpc) is 2.77. The molecule has 18 heavy (non-hydrogen) atoms. The van der Waals surface area contributed by atoms with Gasteiger partial charge in [0.1, 0.15) is 0 Å². The fourth-order valence-corrected chi connectivity index (χ4v) is 2.66. The van der Waals surface area contributed by atoms with Gasteiger partial charge in [-0.15, -0.1) is 11.3 Å². The second-order valence-corrected chi connectivity index (χ2v) is 4.68. The summed E-state index contributed by atoms with van der Waals surface area (Å²) in [5.41, 5.74) is 6.06. The number of rotatable bonds is 4. The van der Waals surface area contributed by atoms with E-state index in [1.807, 2.05) is 6.92 Å². The van der Waals surface area contributed by atoms with Gasteiger partial charge in [0.25, 0.3) is 0 Å². The number of aryl methyl sites for hydroxylation is 1. The standard InChI is InChI=1S/C12H14FN3OS/c1-7-12(18-6-15-7)11(16-14)8-3-4-10(17-2)9(13)5-8/h3-6,11,16H,14H2,1-2H3. The molecule has 0 aliphatic heterocycles. The van der Waals surface area contributed by atoms with Gasteiger partial charge in [0.05, 0.1) is 29.2 Å². The van der Waals surface area contributed by atoms with Crippen LogP contribution in [-0.4, -0.2) is 12.1 Å². The van der Waals surface area contributed by atoms with Gasteiger partial charge in [-0.3, -0.25) is 5.84 Å². The second kappa shape index (κ2) is 5.43. The van der Waals surface area contributed by atoms with Crippen LogP contribution in [0.4, 0.5) is 4.39 Å². The van der Waals surface area contributed by atoms with Gasteiger partial charge in [-0.05, 0) is 24.6 Å². The van der Waals surface area contributed by atoms with Crippen molar-refractivity contribution in [3.8, 4) is 5.75 Å². The fourth-order valence-electron chi connectivity index (χ4n) is 1.77. The van der Waals surface area contributed by atoms with Crippen molar-refractivity contribution in [2.75, 3.05) is 7.11 Å². The van der Waals surface area contributed by atoms with E-state index in [1.165, 1.54) is 24.5 Å². The SMILES string of the molecule is COc1ccc(C(NN)c2scnc2C)cc1F. The number of hydrogen-bond donors (Lipinski definition) is 2. The number of aromatic nitrogens is 1. The number of nitrogens with one attached hydrogen (secondary N) is 1. The maximum absolute atomic E-state index is 13.7. The van der Waals surface area contributed by atoms with E-state index < -0.39 is 5.82 Å². The van der Waals surface area contributed by atoms with E-state index in [0.717, 1.165) is 16.1 Å². The minimum absolute atomic E-state index is 0.218. The van der Waals surface area contributed by atoms with E-state index in [0.29, 0.717) is 0 Å². The van der Waals surface area contributed by atoms with Crippen LogP contribution in [0.1, 0.15) is 22.2 Å². The molecule has 0 saturated carbocycles. The molecular weight excluding hydrogens is 253 g/mol. The first-order valence-corrected chi connectivity index (χ1v) is 6.25. The Morgan fingerprint density at radius 3 is 2.78 bits per heavy atom. The van der Waals surface area contributed by atoms with Crippen LogP contribution in [0, 0.1) is 12.7 Å². The Morgan fingerprint density at radius 1 is 1.50 bits per heavy atom. The summed E-state index contributed by atoms with van der Waals surface area (Å²) in [6, 6.07) is 4.53. The fraction of sp³-hybridized carbons (Fsp3) is 0.250. The largest absolute Gasteiger partial charge is 0.494 e. The first-order chi connectivity index (χ1) is 8.67. The summed E-state index contributed by atoms with van der Waals surface area (Å²) in [4.78, 5) is 5.15. The molecule has 6 heteroatoms. The van der Waals surface area contributed by atoms with Gasteiger partial charge in [-0.1, -0.05) is 6.07 Å². The molecule has 2 rings (SSSR count). The average molecular weight is 267 g/mol. The van der Waals surface area contributed by atoms with Crippen LogP contribution >= 0.6 is 11.3 Å². The number of ether oxygens (including phenoxy) is 1. The van der Waals surface area contributed by atoms with Gasteiger partial charge in [-0.2, -0.15) is 0 Å². The van der Waals surface area contributed by atoms with Crippen LogP contribution in [0.15, 0.2) is 23.7 Å². The smallest absolute Gasteiger partial charge is 0.165 e. The zero-order valence-corrected chi connectivity index (χ0v) is 10.9. The topological polar surface area (TPSA) is 60.2 Å². The number of benzene rings is 1. The molecule has 0 saturated heterocycles. The summed E-state index contributed by atoms with van der Waals surface area (Å²) in [6.07, 6.45) is 0. The van der Waals surface area contributed by atoms with Crippen LogP contribution in [-0.2, 0) is 0 Å². The third-order valence-corrected chi connectivity index (χ3v) is 3.72. The highest BCUT2D eigenvalue weighted by atomic mass is 32.1. The van der Waals surface area contributed by atoms with E-state index in [-0.39, 0.29) is 11.8 Å². The van der Waals surface area contributed by atoms with Crippen LogP contribution < -0.4 is 16.0 Å². The lowest BCUT2D eigenvalue weighted by molar-refractivity contribution is 0.386. The Labute approximate surface area is 109 Å². The van der Waals surface area contributed by atoms with E-state index >= 15 is 0 Å². The summed E-state index contributed by atoms with van der Waals surface area (Å²) in [5, 5.41) is 0. The molecule has 0 amide bonds. The molecule has 2 aromatic rings. The third kappa shape index (κ3) is 2.35. The van der Waals surface area contributed by atoms with Crippen molar-refractivity contribution in [1.29, 1.82) is 0 Å². The van der Waals surface area contributed by atoms with Gasteiger partial charge < -0.3 is 4.74 Å². The normalized spacial score (nSPS) is 12.4. The van der Waals surface area contributed by atoms with Crippen LogP contribution in [0.3, 0.4) is 0 Å². The predicted molar refractivity (Wildman–Crippen MR) is 69.0 cm³/mol. The van der Waals surface area contributed by atoms with E-state index in [1.54, 1.807) is 17.6 Å². The van der Waals surface area contributed by atoms with Crippen LogP contribution in [0.2, 0.25) is 0 Å². The number of nitrogens with zero attached hydrogens (tertiary/aromatic N) is 1. The monoisotopic (exact) mass is 267 g/mol. The lowest BCUT2D eigenvalue weighted by Gasteiger charge is -2.16. The van der Waals surface area contributed by atoms with Crippen molar-refractivity contribution in [2.45, 2.75) is 13.0 Å². The number of halogens is 1. The molecule has 1 aromatic heterocycles. The maximum Gasteiger partial charge on any atom is 0.165 e. The van der Waals surface area contributed by atoms with E-state index in [2.05, 4.69) is 10.4 Å². The molecule has 1 atom stereocenters.